The molecule has 47 heavy (non-hydrogen) atoms. The van der Waals surface area contributed by atoms with Gasteiger partial charge in [-0.25, -0.2) is 9.97 Å². The Morgan fingerprint density at radius 3 is 1.40 bits per heavy atom. The average Bonchev–Trinajstić information content (AvgIpc) is 3.50. The molecule has 218 valence electrons. The first-order valence-corrected chi connectivity index (χ1v) is 16.0. The van der Waals surface area contributed by atoms with Crippen LogP contribution in [-0.4, -0.2) is 14.5 Å². The fourth-order valence-corrected chi connectivity index (χ4v) is 7.40. The van der Waals surface area contributed by atoms with Crippen LogP contribution in [0.5, 0.6) is 0 Å². The van der Waals surface area contributed by atoms with E-state index >= 15 is 0 Å². The monoisotopic (exact) mass is 597 g/mol. The van der Waals surface area contributed by atoms with Crippen molar-refractivity contribution in [3.63, 3.8) is 0 Å². The number of hydrogen-bond acceptors (Lipinski definition) is 2. The van der Waals surface area contributed by atoms with Gasteiger partial charge in [0.2, 0.25) is 0 Å². The third kappa shape index (κ3) is 4.00. The molecule has 0 aliphatic rings. The maximum absolute atomic E-state index is 5.12. The molecule has 2 heterocycles. The third-order valence-electron chi connectivity index (χ3n) is 9.51. The summed E-state index contributed by atoms with van der Waals surface area (Å²) in [7, 11) is 0. The van der Waals surface area contributed by atoms with Crippen LogP contribution in [0.2, 0.25) is 0 Å². The SMILES string of the molecule is c1ccc(-c2cc(-c3ccccc3)nc(-c3cccc(-n4c5cccc6c7cc8ccccc8cc7c7cccc4c7c65)c3)n2)cc1. The van der Waals surface area contributed by atoms with Gasteiger partial charge in [-0.1, -0.05) is 121 Å². The van der Waals surface area contributed by atoms with Crippen molar-refractivity contribution in [2.24, 2.45) is 0 Å². The van der Waals surface area contributed by atoms with Crippen LogP contribution in [0.3, 0.4) is 0 Å². The van der Waals surface area contributed by atoms with Crippen molar-refractivity contribution in [2.45, 2.75) is 0 Å². The van der Waals surface area contributed by atoms with Gasteiger partial charge in [-0.05, 0) is 74.8 Å². The molecule has 0 aliphatic carbocycles. The van der Waals surface area contributed by atoms with Gasteiger partial charge in [0.1, 0.15) is 0 Å². The lowest BCUT2D eigenvalue weighted by Crippen LogP contribution is -1.98. The van der Waals surface area contributed by atoms with Crippen LogP contribution < -0.4 is 0 Å². The molecule has 3 nitrogen and oxygen atoms in total. The van der Waals surface area contributed by atoms with Gasteiger partial charge in [-0.3, -0.25) is 0 Å². The summed E-state index contributed by atoms with van der Waals surface area (Å²) >= 11 is 0. The molecule has 0 saturated heterocycles. The van der Waals surface area contributed by atoms with Crippen LogP contribution in [0.15, 0.2) is 164 Å². The summed E-state index contributed by atoms with van der Waals surface area (Å²) in [6.45, 7) is 0. The lowest BCUT2D eigenvalue weighted by molar-refractivity contribution is 1.16. The summed E-state index contributed by atoms with van der Waals surface area (Å²) in [5.41, 5.74) is 8.40. The van der Waals surface area contributed by atoms with E-state index in [-0.39, 0.29) is 0 Å². The van der Waals surface area contributed by atoms with Crippen LogP contribution in [0.1, 0.15) is 0 Å². The Morgan fingerprint density at radius 1 is 0.362 bits per heavy atom. The van der Waals surface area contributed by atoms with E-state index < -0.39 is 0 Å². The van der Waals surface area contributed by atoms with E-state index in [4.69, 9.17) is 9.97 Å². The molecule has 0 unspecified atom stereocenters. The van der Waals surface area contributed by atoms with Crippen molar-refractivity contribution in [2.75, 3.05) is 0 Å². The lowest BCUT2D eigenvalue weighted by atomic mass is 9.92. The summed E-state index contributed by atoms with van der Waals surface area (Å²) in [6.07, 6.45) is 0. The molecular weight excluding hydrogens is 571 g/mol. The Morgan fingerprint density at radius 2 is 0.851 bits per heavy atom. The van der Waals surface area contributed by atoms with Crippen LogP contribution in [0.25, 0.3) is 93.7 Å². The Balaban J connectivity index is 1.22. The van der Waals surface area contributed by atoms with Crippen LogP contribution in [0, 0.1) is 0 Å². The maximum Gasteiger partial charge on any atom is 0.160 e. The molecular formula is C44H27N3. The molecule has 0 bridgehead atoms. The Bertz CT molecular complexity index is 2610. The Kier molecular flexibility index (Phi) is 5.57. The quantitative estimate of drug-likeness (QED) is 0.149. The zero-order chi connectivity index (χ0) is 30.9. The maximum atomic E-state index is 5.12. The van der Waals surface area contributed by atoms with Gasteiger partial charge < -0.3 is 4.57 Å². The normalized spacial score (nSPS) is 11.8. The average molecular weight is 598 g/mol. The highest BCUT2D eigenvalue weighted by Crippen LogP contribution is 2.44. The van der Waals surface area contributed by atoms with Crippen molar-refractivity contribution in [1.82, 2.24) is 14.5 Å². The van der Waals surface area contributed by atoms with Crippen LogP contribution in [0.4, 0.5) is 0 Å². The fraction of sp³-hybridized carbons (Fsp3) is 0. The lowest BCUT2D eigenvalue weighted by Gasteiger charge is -2.12. The molecule has 3 heteroatoms. The second-order valence-corrected chi connectivity index (χ2v) is 12.2. The van der Waals surface area contributed by atoms with E-state index in [0.717, 1.165) is 33.8 Å². The van der Waals surface area contributed by atoms with Gasteiger partial charge in [-0.15, -0.1) is 0 Å². The van der Waals surface area contributed by atoms with E-state index in [2.05, 4.69) is 156 Å². The number of fused-ring (bicyclic) bond motifs is 4. The van der Waals surface area contributed by atoms with E-state index in [1.54, 1.807) is 0 Å². The minimum atomic E-state index is 0.706. The summed E-state index contributed by atoms with van der Waals surface area (Å²) in [6, 6.07) is 58.3. The van der Waals surface area contributed by atoms with E-state index in [1.807, 2.05) is 12.1 Å². The molecule has 0 amide bonds. The second-order valence-electron chi connectivity index (χ2n) is 12.2. The Hall–Kier alpha value is -6.32. The first-order valence-electron chi connectivity index (χ1n) is 16.0. The fourth-order valence-electron chi connectivity index (χ4n) is 7.40. The number of benzene rings is 8. The minimum Gasteiger partial charge on any atom is -0.309 e. The molecule has 0 N–H and O–H groups in total. The molecule has 0 fully saturated rings. The highest BCUT2D eigenvalue weighted by atomic mass is 15.0. The third-order valence-corrected chi connectivity index (χ3v) is 9.51. The van der Waals surface area contributed by atoms with E-state index in [0.29, 0.717) is 5.82 Å². The van der Waals surface area contributed by atoms with Gasteiger partial charge in [-0.2, -0.15) is 0 Å². The predicted molar refractivity (Wildman–Crippen MR) is 196 cm³/mol. The molecule has 0 saturated carbocycles. The molecule has 10 rings (SSSR count). The molecule has 2 aromatic heterocycles. The highest BCUT2D eigenvalue weighted by molar-refractivity contribution is 6.35. The standard InChI is InChI=1S/C44H27N3/c1-3-12-28(13-4-1)38-27-39(29-14-5-2-6-15-29)46-44(45-38)32-18-9-19-33(24-32)47-40-22-10-20-34-36-25-30-16-7-8-17-31(30)26-37(36)35-21-11-23-41(47)43(35)42(34)40/h1-27H. The van der Waals surface area contributed by atoms with Crippen molar-refractivity contribution in [3.8, 4) is 39.6 Å². The van der Waals surface area contributed by atoms with E-state index in [9.17, 15) is 0 Å². The predicted octanol–water partition coefficient (Wildman–Crippen LogP) is 11.5. The summed E-state index contributed by atoms with van der Waals surface area (Å²) in [4.78, 5) is 10.2. The summed E-state index contributed by atoms with van der Waals surface area (Å²) < 4.78 is 2.41. The molecule has 8 aromatic carbocycles. The van der Waals surface area contributed by atoms with Crippen molar-refractivity contribution >= 4 is 54.1 Å². The number of aromatic nitrogens is 3. The van der Waals surface area contributed by atoms with Crippen molar-refractivity contribution in [3.05, 3.63) is 164 Å². The molecule has 0 spiro atoms. The molecule has 10 aromatic rings. The second kappa shape index (κ2) is 10.1. The van der Waals surface area contributed by atoms with Gasteiger partial charge >= 0.3 is 0 Å². The number of nitrogens with zero attached hydrogens (tertiary/aromatic N) is 3. The van der Waals surface area contributed by atoms with Gasteiger partial charge in [0.05, 0.1) is 22.4 Å². The Labute approximate surface area is 271 Å². The topological polar surface area (TPSA) is 30.7 Å². The molecule has 0 aliphatic heterocycles. The number of hydrogen-bond donors (Lipinski definition) is 0. The van der Waals surface area contributed by atoms with Gasteiger partial charge in [0.15, 0.2) is 5.82 Å². The van der Waals surface area contributed by atoms with Gasteiger partial charge in [0.25, 0.3) is 0 Å². The van der Waals surface area contributed by atoms with Crippen molar-refractivity contribution < 1.29 is 0 Å². The van der Waals surface area contributed by atoms with Crippen LogP contribution >= 0.6 is 0 Å². The van der Waals surface area contributed by atoms with Crippen LogP contribution in [-0.2, 0) is 0 Å². The molecule has 0 atom stereocenters. The summed E-state index contributed by atoms with van der Waals surface area (Å²) in [5, 5.41) is 10.3. The minimum absolute atomic E-state index is 0.706. The van der Waals surface area contributed by atoms with E-state index in [1.165, 1.54) is 54.1 Å². The number of rotatable bonds is 4. The first kappa shape index (κ1) is 26.0. The summed E-state index contributed by atoms with van der Waals surface area (Å²) in [5.74, 6) is 0.706. The molecule has 0 radical (unpaired) electrons. The largest absolute Gasteiger partial charge is 0.309 e. The zero-order valence-electron chi connectivity index (χ0n) is 25.4. The van der Waals surface area contributed by atoms with Crippen molar-refractivity contribution in [1.29, 1.82) is 0 Å². The van der Waals surface area contributed by atoms with Gasteiger partial charge in [0, 0.05) is 33.2 Å². The zero-order valence-corrected chi connectivity index (χ0v) is 25.4. The highest BCUT2D eigenvalue weighted by Gasteiger charge is 2.20. The smallest absolute Gasteiger partial charge is 0.160 e. The first-order chi connectivity index (χ1) is 23.3.